The van der Waals surface area contributed by atoms with Crippen molar-refractivity contribution in [3.8, 4) is 5.75 Å². The van der Waals surface area contributed by atoms with E-state index in [1.165, 1.54) is 24.3 Å². The lowest BCUT2D eigenvalue weighted by molar-refractivity contribution is -0.144. The number of hydrogen-bond donors (Lipinski definition) is 3. The van der Waals surface area contributed by atoms with Gasteiger partial charge in [-0.1, -0.05) is 49.4 Å². The molecule has 0 aromatic heterocycles. The summed E-state index contributed by atoms with van der Waals surface area (Å²) in [6, 6.07) is 18.1. The SMILES string of the molecule is CCC(Cc1ccc(O)cc1)(NS(=O)(=O)c1ccc2ccccc2c1)C(=O)O. The predicted octanol–water partition coefficient (Wildman–Crippen LogP) is 3.30. The summed E-state index contributed by atoms with van der Waals surface area (Å²) in [5.41, 5.74) is -1.11. The molecule has 146 valence electrons. The van der Waals surface area contributed by atoms with Crippen LogP contribution in [0.2, 0.25) is 0 Å². The lowest BCUT2D eigenvalue weighted by atomic mass is 9.89. The van der Waals surface area contributed by atoms with Crippen molar-refractivity contribution in [2.24, 2.45) is 0 Å². The average Bonchev–Trinajstić information content (AvgIpc) is 2.68. The molecule has 0 amide bonds. The Labute approximate surface area is 163 Å². The molecule has 0 bridgehead atoms. The number of aromatic hydroxyl groups is 1. The topological polar surface area (TPSA) is 104 Å². The van der Waals surface area contributed by atoms with E-state index in [-0.39, 0.29) is 23.5 Å². The van der Waals surface area contributed by atoms with Crippen LogP contribution in [-0.2, 0) is 21.2 Å². The van der Waals surface area contributed by atoms with Crippen LogP contribution in [0.5, 0.6) is 5.75 Å². The minimum Gasteiger partial charge on any atom is -0.508 e. The summed E-state index contributed by atoms with van der Waals surface area (Å²) < 4.78 is 28.4. The lowest BCUT2D eigenvalue weighted by Gasteiger charge is -2.29. The van der Waals surface area contributed by atoms with Crippen LogP contribution in [0.4, 0.5) is 0 Å². The zero-order valence-electron chi connectivity index (χ0n) is 15.3. The molecule has 6 nitrogen and oxygen atoms in total. The van der Waals surface area contributed by atoms with E-state index in [9.17, 15) is 23.4 Å². The van der Waals surface area contributed by atoms with E-state index in [0.29, 0.717) is 5.56 Å². The first-order valence-electron chi connectivity index (χ1n) is 8.80. The van der Waals surface area contributed by atoms with Gasteiger partial charge in [-0.3, -0.25) is 4.79 Å². The summed E-state index contributed by atoms with van der Waals surface area (Å²) in [7, 11) is -4.07. The molecule has 7 heteroatoms. The Balaban J connectivity index is 1.98. The third kappa shape index (κ3) is 4.00. The standard InChI is InChI=1S/C21H21NO5S/c1-2-21(20(24)25,14-15-7-10-18(23)11-8-15)22-28(26,27)19-12-9-16-5-3-4-6-17(16)13-19/h3-13,22-23H,2,14H2,1H3,(H,24,25). The van der Waals surface area contributed by atoms with Crippen molar-refractivity contribution in [2.75, 3.05) is 0 Å². The number of rotatable bonds is 7. The van der Waals surface area contributed by atoms with Crippen molar-refractivity contribution < 1.29 is 23.4 Å². The number of carboxylic acids is 1. The van der Waals surface area contributed by atoms with Crippen LogP contribution >= 0.6 is 0 Å². The van der Waals surface area contributed by atoms with Crippen molar-refractivity contribution in [2.45, 2.75) is 30.2 Å². The number of benzene rings is 3. The molecule has 0 radical (unpaired) electrons. The van der Waals surface area contributed by atoms with Crippen LogP contribution in [0.3, 0.4) is 0 Å². The zero-order valence-corrected chi connectivity index (χ0v) is 16.1. The van der Waals surface area contributed by atoms with E-state index in [0.717, 1.165) is 10.8 Å². The highest BCUT2D eigenvalue weighted by Gasteiger charge is 2.41. The van der Waals surface area contributed by atoms with Crippen molar-refractivity contribution in [1.82, 2.24) is 4.72 Å². The van der Waals surface area contributed by atoms with Crippen LogP contribution in [0.25, 0.3) is 10.8 Å². The maximum Gasteiger partial charge on any atom is 0.325 e. The third-order valence-corrected chi connectivity index (χ3v) is 6.35. The van der Waals surface area contributed by atoms with Gasteiger partial charge >= 0.3 is 5.97 Å². The number of fused-ring (bicyclic) bond motifs is 1. The summed E-state index contributed by atoms with van der Waals surface area (Å²) in [6.45, 7) is 1.62. The molecule has 0 aliphatic heterocycles. The highest BCUT2D eigenvalue weighted by Crippen LogP contribution is 2.25. The Morgan fingerprint density at radius 1 is 1.00 bits per heavy atom. The Morgan fingerprint density at radius 3 is 2.25 bits per heavy atom. The first kappa shape index (κ1) is 19.9. The molecule has 0 aliphatic carbocycles. The van der Waals surface area contributed by atoms with Gasteiger partial charge in [-0.25, -0.2) is 8.42 Å². The van der Waals surface area contributed by atoms with Crippen LogP contribution < -0.4 is 4.72 Å². The van der Waals surface area contributed by atoms with Gasteiger partial charge in [0.2, 0.25) is 10.0 Å². The van der Waals surface area contributed by atoms with Crippen LogP contribution in [0.1, 0.15) is 18.9 Å². The molecule has 0 aliphatic rings. The minimum absolute atomic E-state index is 0.0102. The summed E-state index contributed by atoms with van der Waals surface area (Å²) >= 11 is 0. The first-order valence-corrected chi connectivity index (χ1v) is 10.3. The monoisotopic (exact) mass is 399 g/mol. The normalized spacial score (nSPS) is 13.9. The molecule has 28 heavy (non-hydrogen) atoms. The zero-order chi connectivity index (χ0) is 20.4. The van der Waals surface area contributed by atoms with Gasteiger partial charge in [-0.05, 0) is 47.0 Å². The maximum atomic E-state index is 13.0. The van der Waals surface area contributed by atoms with E-state index >= 15 is 0 Å². The average molecular weight is 399 g/mol. The van der Waals surface area contributed by atoms with Crippen LogP contribution in [0.15, 0.2) is 71.6 Å². The third-order valence-electron chi connectivity index (χ3n) is 4.82. The van der Waals surface area contributed by atoms with Crippen LogP contribution in [-0.4, -0.2) is 30.1 Å². The molecular weight excluding hydrogens is 378 g/mol. The molecular formula is C21H21NO5S. The molecule has 1 atom stereocenters. The highest BCUT2D eigenvalue weighted by atomic mass is 32.2. The second-order valence-electron chi connectivity index (χ2n) is 6.70. The van der Waals surface area contributed by atoms with Crippen molar-refractivity contribution >= 4 is 26.8 Å². The van der Waals surface area contributed by atoms with Gasteiger partial charge in [-0.15, -0.1) is 0 Å². The number of sulfonamides is 1. The molecule has 3 rings (SSSR count). The number of phenolic OH excluding ortho intramolecular Hbond substituents is 1. The fourth-order valence-electron chi connectivity index (χ4n) is 3.12. The van der Waals surface area contributed by atoms with Crippen molar-refractivity contribution in [3.05, 3.63) is 72.3 Å². The molecule has 3 aromatic rings. The molecule has 0 saturated carbocycles. The largest absolute Gasteiger partial charge is 0.508 e. The van der Waals surface area contributed by atoms with E-state index in [4.69, 9.17) is 0 Å². The molecule has 1 unspecified atom stereocenters. The fourth-order valence-corrected chi connectivity index (χ4v) is 4.58. The van der Waals surface area contributed by atoms with Gasteiger partial charge in [0, 0.05) is 6.42 Å². The van der Waals surface area contributed by atoms with Gasteiger partial charge in [0.05, 0.1) is 4.90 Å². The van der Waals surface area contributed by atoms with Crippen LogP contribution in [0, 0.1) is 0 Å². The predicted molar refractivity (Wildman–Crippen MR) is 107 cm³/mol. The molecule has 0 spiro atoms. The summed E-state index contributed by atoms with van der Waals surface area (Å²) in [5, 5.41) is 20.9. The smallest absolute Gasteiger partial charge is 0.325 e. The Bertz CT molecular complexity index is 1110. The summed E-state index contributed by atoms with van der Waals surface area (Å²) in [5.74, 6) is -1.20. The van der Waals surface area contributed by atoms with Crippen molar-refractivity contribution in [1.29, 1.82) is 0 Å². The Hall–Kier alpha value is -2.90. The van der Waals surface area contributed by atoms with Gasteiger partial charge in [0.15, 0.2) is 0 Å². The number of phenols is 1. The highest BCUT2D eigenvalue weighted by molar-refractivity contribution is 7.89. The molecule has 0 fully saturated rings. The quantitative estimate of drug-likeness (QED) is 0.566. The summed E-state index contributed by atoms with van der Waals surface area (Å²) in [4.78, 5) is 12.1. The number of aliphatic carboxylic acids is 1. The van der Waals surface area contributed by atoms with E-state index in [1.807, 2.05) is 18.2 Å². The number of carboxylic acid groups (broad SMARTS) is 1. The molecule has 3 aromatic carbocycles. The number of carbonyl (C=O) groups is 1. The minimum atomic E-state index is -4.07. The maximum absolute atomic E-state index is 13.0. The second kappa shape index (κ2) is 7.61. The Kier molecular flexibility index (Phi) is 5.40. The Morgan fingerprint density at radius 2 is 1.64 bits per heavy atom. The van der Waals surface area contributed by atoms with Gasteiger partial charge < -0.3 is 10.2 Å². The lowest BCUT2D eigenvalue weighted by Crippen LogP contribution is -2.55. The van der Waals surface area contributed by atoms with Gasteiger partial charge in [0.1, 0.15) is 11.3 Å². The summed E-state index contributed by atoms with van der Waals surface area (Å²) in [6.07, 6.45) is 0.00193. The van der Waals surface area contributed by atoms with Crippen molar-refractivity contribution in [3.63, 3.8) is 0 Å². The number of hydrogen-bond acceptors (Lipinski definition) is 4. The molecule has 0 heterocycles. The molecule has 0 saturated heterocycles. The van der Waals surface area contributed by atoms with E-state index < -0.39 is 21.5 Å². The second-order valence-corrected chi connectivity index (χ2v) is 8.38. The van der Waals surface area contributed by atoms with E-state index in [1.54, 1.807) is 31.2 Å². The fraction of sp³-hybridized carbons (Fsp3) is 0.190. The number of nitrogens with one attached hydrogen (secondary N) is 1. The van der Waals surface area contributed by atoms with Gasteiger partial charge in [-0.2, -0.15) is 4.72 Å². The van der Waals surface area contributed by atoms with E-state index in [2.05, 4.69) is 4.72 Å². The molecule has 3 N–H and O–H groups in total. The first-order chi connectivity index (χ1) is 13.3. The van der Waals surface area contributed by atoms with Gasteiger partial charge in [0.25, 0.3) is 0 Å².